The Morgan fingerprint density at radius 1 is 1.08 bits per heavy atom. The number of ether oxygens (including phenoxy) is 2. The number of thioether (sulfide) groups is 1. The lowest BCUT2D eigenvalue weighted by Crippen LogP contribution is -2.36. The van der Waals surface area contributed by atoms with E-state index in [1.165, 1.54) is 13.2 Å². The maximum atomic E-state index is 12.8. The van der Waals surface area contributed by atoms with E-state index >= 15 is 0 Å². The number of carbonyl (C=O) groups excluding carboxylic acids is 4. The molecule has 2 aromatic carbocycles. The number of esters is 1. The van der Waals surface area contributed by atoms with Gasteiger partial charge in [0.2, 0.25) is 5.91 Å². The Kier molecular flexibility index (Phi) is 7.78. The highest BCUT2D eigenvalue weighted by molar-refractivity contribution is 8.18. The Balaban J connectivity index is 1.44. The fraction of sp³-hybridized carbons (Fsp3) is 0.185. The van der Waals surface area contributed by atoms with Crippen LogP contribution in [0.5, 0.6) is 5.75 Å². The van der Waals surface area contributed by atoms with E-state index in [0.29, 0.717) is 40.7 Å². The van der Waals surface area contributed by atoms with Gasteiger partial charge in [-0.15, -0.1) is 0 Å². The third kappa shape index (κ3) is 5.92. The van der Waals surface area contributed by atoms with E-state index in [0.717, 1.165) is 22.2 Å². The Hall–Kier alpha value is -4.31. The van der Waals surface area contributed by atoms with E-state index in [1.54, 1.807) is 54.6 Å². The van der Waals surface area contributed by atoms with E-state index in [1.807, 2.05) is 13.8 Å². The summed E-state index contributed by atoms with van der Waals surface area (Å²) in [5, 5.41) is 2.12. The normalized spacial score (nSPS) is 14.2. The minimum atomic E-state index is -0.585. The number of methoxy groups -OCH3 is 1. The fourth-order valence-corrected chi connectivity index (χ4v) is 4.44. The number of carbonyl (C=O) groups is 4. The number of hydrogen-bond acceptors (Lipinski definition) is 8. The largest absolute Gasteiger partial charge is 0.494 e. The molecule has 2 heterocycles. The molecule has 3 aromatic rings. The van der Waals surface area contributed by atoms with Gasteiger partial charge in [0.1, 0.15) is 23.8 Å². The number of amides is 3. The summed E-state index contributed by atoms with van der Waals surface area (Å²) < 4.78 is 16.0. The standard InChI is InChI=1S/C27H24N2O7S/c1-4-35-19-9-7-18(8-10-19)28-24(30)15-29-25(31)23(37-27(29)33)14-20-11-12-22(36-20)21-13-17(26(32)34-3)6-5-16(21)2/h5-14H,4,15H2,1-3H3,(H,28,30)/b23-14+. The lowest BCUT2D eigenvalue weighted by molar-refractivity contribution is -0.127. The van der Waals surface area contributed by atoms with Gasteiger partial charge in [0.15, 0.2) is 0 Å². The first-order valence-corrected chi connectivity index (χ1v) is 12.2. The van der Waals surface area contributed by atoms with E-state index in [4.69, 9.17) is 13.9 Å². The molecule has 1 aliphatic rings. The smallest absolute Gasteiger partial charge is 0.337 e. The van der Waals surface area contributed by atoms with Crippen LogP contribution in [0.4, 0.5) is 10.5 Å². The fourth-order valence-electron chi connectivity index (χ4n) is 3.62. The summed E-state index contributed by atoms with van der Waals surface area (Å²) in [5.41, 5.74) is 2.48. The van der Waals surface area contributed by atoms with Gasteiger partial charge in [-0.1, -0.05) is 6.07 Å². The monoisotopic (exact) mass is 520 g/mol. The molecule has 0 atom stereocenters. The summed E-state index contributed by atoms with van der Waals surface area (Å²) in [7, 11) is 1.31. The van der Waals surface area contributed by atoms with E-state index in [9.17, 15) is 19.2 Å². The van der Waals surface area contributed by atoms with Crippen LogP contribution in [0, 0.1) is 6.92 Å². The lowest BCUT2D eigenvalue weighted by Gasteiger charge is -2.12. The number of benzene rings is 2. The highest BCUT2D eigenvalue weighted by Gasteiger charge is 2.36. The number of rotatable bonds is 8. The van der Waals surface area contributed by atoms with Gasteiger partial charge in [-0.05, 0) is 79.7 Å². The van der Waals surface area contributed by atoms with Gasteiger partial charge in [-0.25, -0.2) is 4.79 Å². The molecule has 0 aliphatic carbocycles. The zero-order chi connectivity index (χ0) is 26.5. The predicted molar refractivity (Wildman–Crippen MR) is 139 cm³/mol. The number of nitrogens with zero attached hydrogens (tertiary/aromatic N) is 1. The van der Waals surface area contributed by atoms with Gasteiger partial charge in [0, 0.05) is 17.3 Å². The second-order valence-electron chi connectivity index (χ2n) is 8.00. The average molecular weight is 521 g/mol. The van der Waals surface area contributed by atoms with Crippen molar-refractivity contribution >= 4 is 46.5 Å². The van der Waals surface area contributed by atoms with E-state index < -0.39 is 29.6 Å². The summed E-state index contributed by atoms with van der Waals surface area (Å²) in [6.45, 7) is 3.86. The van der Waals surface area contributed by atoms with Crippen molar-refractivity contribution in [1.82, 2.24) is 4.90 Å². The molecule has 10 heteroatoms. The quantitative estimate of drug-likeness (QED) is 0.322. The Morgan fingerprint density at radius 3 is 2.54 bits per heavy atom. The number of imide groups is 1. The van der Waals surface area contributed by atoms with Gasteiger partial charge < -0.3 is 19.2 Å². The Bertz CT molecular complexity index is 1390. The SMILES string of the molecule is CCOc1ccc(NC(=O)CN2C(=O)S/C(=C/c3ccc(-c4cc(C(=O)OC)ccc4C)o3)C2=O)cc1. The van der Waals surface area contributed by atoms with Crippen LogP contribution in [-0.4, -0.2) is 48.2 Å². The molecular formula is C27H24N2O7S. The first-order chi connectivity index (χ1) is 17.8. The van der Waals surface area contributed by atoms with Crippen molar-refractivity contribution in [3.05, 3.63) is 76.4 Å². The van der Waals surface area contributed by atoms with Crippen molar-refractivity contribution in [3.63, 3.8) is 0 Å². The molecule has 0 radical (unpaired) electrons. The molecule has 9 nitrogen and oxygen atoms in total. The molecule has 0 unspecified atom stereocenters. The van der Waals surface area contributed by atoms with Crippen molar-refractivity contribution in [1.29, 1.82) is 0 Å². The molecular weight excluding hydrogens is 496 g/mol. The Labute approximate surface area is 217 Å². The summed E-state index contributed by atoms with van der Waals surface area (Å²) >= 11 is 0.731. The van der Waals surface area contributed by atoms with Crippen LogP contribution in [0.3, 0.4) is 0 Å². The van der Waals surface area contributed by atoms with Gasteiger partial charge in [0.05, 0.1) is 24.2 Å². The van der Waals surface area contributed by atoms with Crippen LogP contribution in [0.2, 0.25) is 0 Å². The van der Waals surface area contributed by atoms with Crippen molar-refractivity contribution in [2.45, 2.75) is 13.8 Å². The second kappa shape index (κ2) is 11.2. The molecule has 37 heavy (non-hydrogen) atoms. The second-order valence-corrected chi connectivity index (χ2v) is 8.99. The number of nitrogens with one attached hydrogen (secondary N) is 1. The molecule has 0 bridgehead atoms. The molecule has 0 saturated carbocycles. The molecule has 1 aliphatic heterocycles. The van der Waals surface area contributed by atoms with Gasteiger partial charge in [-0.3, -0.25) is 19.3 Å². The van der Waals surface area contributed by atoms with Crippen LogP contribution >= 0.6 is 11.8 Å². The third-order valence-electron chi connectivity index (χ3n) is 5.45. The third-order valence-corrected chi connectivity index (χ3v) is 6.36. The van der Waals surface area contributed by atoms with Crippen molar-refractivity contribution in [2.75, 3.05) is 25.6 Å². The first-order valence-electron chi connectivity index (χ1n) is 11.4. The molecule has 1 aromatic heterocycles. The molecule has 1 fully saturated rings. The van der Waals surface area contributed by atoms with Crippen molar-refractivity contribution in [2.24, 2.45) is 0 Å². The predicted octanol–water partition coefficient (Wildman–Crippen LogP) is 5.12. The zero-order valence-electron chi connectivity index (χ0n) is 20.4. The van der Waals surface area contributed by atoms with Crippen LogP contribution in [0.1, 0.15) is 28.6 Å². The molecule has 0 spiro atoms. The van der Waals surface area contributed by atoms with Gasteiger partial charge in [-0.2, -0.15) is 0 Å². The first kappa shape index (κ1) is 25.8. The molecule has 4 rings (SSSR count). The van der Waals surface area contributed by atoms with Crippen molar-refractivity contribution in [3.8, 4) is 17.1 Å². The maximum Gasteiger partial charge on any atom is 0.337 e. The summed E-state index contributed by atoms with van der Waals surface area (Å²) in [6.07, 6.45) is 1.46. The number of anilines is 1. The minimum absolute atomic E-state index is 0.139. The summed E-state index contributed by atoms with van der Waals surface area (Å²) in [6, 6.07) is 15.3. The van der Waals surface area contributed by atoms with Crippen LogP contribution in [0.25, 0.3) is 17.4 Å². The molecule has 1 saturated heterocycles. The van der Waals surface area contributed by atoms with Gasteiger partial charge in [0.25, 0.3) is 11.1 Å². The number of hydrogen-bond donors (Lipinski definition) is 1. The highest BCUT2D eigenvalue weighted by atomic mass is 32.2. The Morgan fingerprint density at radius 2 is 1.84 bits per heavy atom. The maximum absolute atomic E-state index is 12.8. The lowest BCUT2D eigenvalue weighted by atomic mass is 10.0. The van der Waals surface area contributed by atoms with E-state index in [2.05, 4.69) is 5.32 Å². The van der Waals surface area contributed by atoms with Gasteiger partial charge >= 0.3 is 5.97 Å². The molecule has 1 N–H and O–H groups in total. The van der Waals surface area contributed by atoms with E-state index in [-0.39, 0.29) is 4.91 Å². The molecule has 190 valence electrons. The summed E-state index contributed by atoms with van der Waals surface area (Å²) in [5.74, 6) is -0.0458. The topological polar surface area (TPSA) is 115 Å². The number of furan rings is 1. The van der Waals surface area contributed by atoms with Crippen LogP contribution in [-0.2, 0) is 14.3 Å². The molecule has 3 amide bonds. The summed E-state index contributed by atoms with van der Waals surface area (Å²) in [4.78, 5) is 50.6. The van der Waals surface area contributed by atoms with Crippen LogP contribution in [0.15, 0.2) is 63.9 Å². The average Bonchev–Trinajstić information content (AvgIpc) is 3.45. The van der Waals surface area contributed by atoms with Crippen molar-refractivity contribution < 1.29 is 33.1 Å². The zero-order valence-corrected chi connectivity index (χ0v) is 21.2. The number of aryl methyl sites for hydroxylation is 1. The van der Waals surface area contributed by atoms with Crippen LogP contribution < -0.4 is 10.1 Å². The highest BCUT2D eigenvalue weighted by Crippen LogP contribution is 2.34. The minimum Gasteiger partial charge on any atom is -0.494 e.